The van der Waals surface area contributed by atoms with Crippen molar-refractivity contribution in [3.05, 3.63) is 149 Å². The van der Waals surface area contributed by atoms with Gasteiger partial charge in [0, 0.05) is 49.8 Å². The lowest BCUT2D eigenvalue weighted by Crippen LogP contribution is -2.58. The molecule has 13 heteroatoms. The third-order valence-electron chi connectivity index (χ3n) is 13.9. The van der Waals surface area contributed by atoms with Crippen LogP contribution in [0.1, 0.15) is 84.5 Å². The lowest BCUT2D eigenvalue weighted by Gasteiger charge is -2.46. The molecule has 13 nitrogen and oxygen atoms in total. The number of fused-ring (bicyclic) bond motifs is 3. The number of ether oxygens (including phenoxy) is 2. The topological polar surface area (TPSA) is 158 Å². The van der Waals surface area contributed by atoms with Crippen LogP contribution in [0, 0.1) is 17.8 Å². The molecule has 6 unspecified atom stereocenters. The van der Waals surface area contributed by atoms with Gasteiger partial charge in [0.25, 0.3) is 0 Å². The molecule has 1 aliphatic carbocycles. The number of hydrogen-bond donors (Lipinski definition) is 3. The second-order valence-electron chi connectivity index (χ2n) is 17.7. The molecule has 5 aliphatic rings. The van der Waals surface area contributed by atoms with Crippen LogP contribution in [0.25, 0.3) is 0 Å². The summed E-state index contributed by atoms with van der Waals surface area (Å²) in [6.07, 6.45) is 7.61. The third kappa shape index (κ3) is 7.69. The summed E-state index contributed by atoms with van der Waals surface area (Å²) in [5.74, 6) is 4.96. The fraction of sp³-hybridized carbons (Fsp3) is 0.365. The minimum absolute atomic E-state index is 0.0938. The second kappa shape index (κ2) is 17.8. The number of hydrogen-bond acceptors (Lipinski definition) is 11. The number of carbonyl (C=O) groups excluding carboxylic acids is 3. The van der Waals surface area contributed by atoms with Crippen LogP contribution in [0.15, 0.2) is 122 Å². The molecule has 1 saturated carbocycles. The van der Waals surface area contributed by atoms with Crippen molar-refractivity contribution in [3.8, 4) is 17.6 Å². The van der Waals surface area contributed by atoms with E-state index in [4.69, 9.17) is 9.47 Å². The van der Waals surface area contributed by atoms with E-state index in [1.807, 2.05) is 95.9 Å². The fourth-order valence-electron chi connectivity index (χ4n) is 11.0. The highest BCUT2D eigenvalue weighted by Crippen LogP contribution is 2.65. The SMILES string of the molecule is O=C1OC(c2ccccc2)C(c2ccccc2)N2C1C(C(=O)N1CCN(c3ncccn3)CC1)C1(C(=O)Nc3ccc(C#CC4(O)CCCCCC4)cc31)C2c1ccc(OCCO)cc1. The lowest BCUT2D eigenvalue weighted by molar-refractivity contribution is -0.179. The van der Waals surface area contributed by atoms with Crippen LogP contribution in [0.2, 0.25) is 0 Å². The molecule has 332 valence electrons. The van der Waals surface area contributed by atoms with Gasteiger partial charge in [0.2, 0.25) is 17.8 Å². The summed E-state index contributed by atoms with van der Waals surface area (Å²) in [4.78, 5) is 61.7. The first kappa shape index (κ1) is 42.4. The highest BCUT2D eigenvalue weighted by molar-refractivity contribution is 6.12. The van der Waals surface area contributed by atoms with Gasteiger partial charge in [-0.05, 0) is 84.3 Å². The summed E-state index contributed by atoms with van der Waals surface area (Å²) in [5, 5.41) is 24.4. The predicted molar refractivity (Wildman–Crippen MR) is 242 cm³/mol. The number of aliphatic hydroxyl groups is 2. The van der Waals surface area contributed by atoms with Crippen molar-refractivity contribution >= 4 is 29.4 Å². The second-order valence-corrected chi connectivity index (χ2v) is 17.7. The molecule has 3 N–H and O–H groups in total. The van der Waals surface area contributed by atoms with Crippen LogP contribution >= 0.6 is 0 Å². The number of anilines is 2. The number of carbonyl (C=O) groups is 3. The molecule has 65 heavy (non-hydrogen) atoms. The van der Waals surface area contributed by atoms with Gasteiger partial charge in [-0.3, -0.25) is 19.3 Å². The van der Waals surface area contributed by atoms with Gasteiger partial charge in [-0.15, -0.1) is 0 Å². The molecular weight excluding hydrogens is 821 g/mol. The van der Waals surface area contributed by atoms with E-state index >= 15 is 14.4 Å². The lowest BCUT2D eigenvalue weighted by atomic mass is 9.65. The van der Waals surface area contributed by atoms with Crippen molar-refractivity contribution in [1.82, 2.24) is 19.8 Å². The van der Waals surface area contributed by atoms with Gasteiger partial charge in [0.1, 0.15) is 35.5 Å². The van der Waals surface area contributed by atoms with Gasteiger partial charge in [0.05, 0.1) is 24.6 Å². The van der Waals surface area contributed by atoms with Crippen LogP contribution in [-0.4, -0.2) is 98.8 Å². The Morgan fingerprint density at radius 1 is 0.800 bits per heavy atom. The minimum Gasteiger partial charge on any atom is -0.491 e. The summed E-state index contributed by atoms with van der Waals surface area (Å²) in [5.41, 5.74) is 1.13. The van der Waals surface area contributed by atoms with E-state index in [2.05, 4.69) is 32.0 Å². The number of rotatable bonds is 8. The van der Waals surface area contributed by atoms with Gasteiger partial charge >= 0.3 is 5.97 Å². The Balaban J connectivity index is 1.18. The minimum atomic E-state index is -1.70. The first-order valence-electron chi connectivity index (χ1n) is 22.7. The van der Waals surface area contributed by atoms with E-state index in [0.29, 0.717) is 73.1 Å². The van der Waals surface area contributed by atoms with Crippen molar-refractivity contribution in [2.24, 2.45) is 5.92 Å². The first-order valence-corrected chi connectivity index (χ1v) is 22.7. The molecule has 10 rings (SSSR count). The Hall–Kier alpha value is -6.59. The number of aliphatic hydroxyl groups excluding tert-OH is 1. The molecule has 3 saturated heterocycles. The average Bonchev–Trinajstić information content (AvgIpc) is 3.71. The monoisotopic (exact) mass is 872 g/mol. The summed E-state index contributed by atoms with van der Waals surface area (Å²) in [6.45, 7) is 1.43. The van der Waals surface area contributed by atoms with Gasteiger partial charge in [-0.25, -0.2) is 9.97 Å². The van der Waals surface area contributed by atoms with E-state index in [1.54, 1.807) is 35.5 Å². The van der Waals surface area contributed by atoms with Gasteiger partial charge in [0.15, 0.2) is 0 Å². The van der Waals surface area contributed by atoms with Crippen molar-refractivity contribution in [2.45, 2.75) is 73.8 Å². The molecule has 1 spiro atoms. The Morgan fingerprint density at radius 3 is 2.15 bits per heavy atom. The van der Waals surface area contributed by atoms with Crippen molar-refractivity contribution in [1.29, 1.82) is 0 Å². The Kier molecular flexibility index (Phi) is 11.6. The molecule has 6 atom stereocenters. The van der Waals surface area contributed by atoms with E-state index in [1.165, 1.54) is 0 Å². The molecule has 4 fully saturated rings. The number of benzene rings is 4. The number of nitrogens with zero attached hydrogens (tertiary/aromatic N) is 5. The maximum absolute atomic E-state index is 16.0. The Labute approximate surface area is 378 Å². The number of nitrogens with one attached hydrogen (secondary N) is 1. The van der Waals surface area contributed by atoms with Crippen LogP contribution < -0.4 is 15.0 Å². The van der Waals surface area contributed by atoms with Gasteiger partial charge in [-0.2, -0.15) is 0 Å². The highest BCUT2D eigenvalue weighted by atomic mass is 16.6. The Morgan fingerprint density at radius 2 is 1.48 bits per heavy atom. The zero-order chi connectivity index (χ0) is 44.5. The molecule has 5 heterocycles. The number of cyclic esters (lactones) is 1. The summed E-state index contributed by atoms with van der Waals surface area (Å²) < 4.78 is 12.4. The maximum Gasteiger partial charge on any atom is 0.324 e. The molecule has 1 aromatic heterocycles. The maximum atomic E-state index is 16.0. The highest BCUT2D eigenvalue weighted by Gasteiger charge is 2.74. The molecule has 4 aliphatic heterocycles. The third-order valence-corrected chi connectivity index (χ3v) is 13.9. The quantitative estimate of drug-likeness (QED) is 0.0969. The normalized spacial score (nSPS) is 26.0. The van der Waals surface area contributed by atoms with Crippen molar-refractivity contribution < 1.29 is 34.1 Å². The summed E-state index contributed by atoms with van der Waals surface area (Å²) in [6, 6.07) is 31.3. The number of morpholine rings is 1. The van der Waals surface area contributed by atoms with Crippen LogP contribution in [0.5, 0.6) is 5.75 Å². The largest absolute Gasteiger partial charge is 0.491 e. The van der Waals surface area contributed by atoms with Gasteiger partial charge < -0.3 is 34.8 Å². The van der Waals surface area contributed by atoms with Crippen LogP contribution in [0.4, 0.5) is 11.6 Å². The van der Waals surface area contributed by atoms with E-state index in [-0.39, 0.29) is 19.1 Å². The summed E-state index contributed by atoms with van der Waals surface area (Å²) >= 11 is 0. The summed E-state index contributed by atoms with van der Waals surface area (Å²) in [7, 11) is 0. The fourth-order valence-corrected chi connectivity index (χ4v) is 11.0. The van der Waals surface area contributed by atoms with Crippen molar-refractivity contribution in [3.63, 3.8) is 0 Å². The first-order chi connectivity index (χ1) is 31.8. The molecular formula is C52H52N6O7. The average molecular weight is 873 g/mol. The van der Waals surface area contributed by atoms with Crippen molar-refractivity contribution in [2.75, 3.05) is 49.6 Å². The number of amides is 2. The van der Waals surface area contributed by atoms with Crippen LogP contribution in [0.3, 0.4) is 0 Å². The molecule has 5 aromatic rings. The molecule has 2 amide bonds. The van der Waals surface area contributed by atoms with Gasteiger partial charge in [-0.1, -0.05) is 97.5 Å². The van der Waals surface area contributed by atoms with E-state index < -0.39 is 53.0 Å². The van der Waals surface area contributed by atoms with E-state index in [9.17, 15) is 10.2 Å². The molecule has 0 radical (unpaired) electrons. The van der Waals surface area contributed by atoms with E-state index in [0.717, 1.165) is 36.8 Å². The number of piperazine rings is 1. The standard InChI is InChI=1S/C52H52N6O7/c59-32-33-64-39-19-17-38(18-20-39)46-52(40-34-35(16-21-41(40)55-49(52)62)22-25-51(63)23-9-1-2-10-24-51)42(47(60)56-28-30-57(31-29-56)50-53-26-11-27-54-50)44-48(61)65-45(37-14-7-4-8-15-37)43(58(44)46)36-12-5-3-6-13-36/h3-8,11-21,26-27,34,42-46,59,63H,1-2,9-10,23-24,28-33H2,(H,55,62). The molecule has 0 bridgehead atoms. The number of aromatic nitrogens is 2. The smallest absolute Gasteiger partial charge is 0.324 e. The molecule has 4 aromatic carbocycles. The zero-order valence-corrected chi connectivity index (χ0v) is 36.1. The number of esters is 1. The zero-order valence-electron chi connectivity index (χ0n) is 36.1. The predicted octanol–water partition coefficient (Wildman–Crippen LogP) is 5.90. The van der Waals surface area contributed by atoms with Crippen LogP contribution in [-0.2, 0) is 24.5 Å². The Bertz CT molecular complexity index is 2590.